The van der Waals surface area contributed by atoms with Crippen LogP contribution in [-0.4, -0.2) is 44.7 Å². The Morgan fingerprint density at radius 1 is 1.15 bits per heavy atom. The van der Waals surface area contributed by atoms with Crippen molar-refractivity contribution >= 4 is 23.2 Å². The first-order chi connectivity index (χ1) is 13.1. The number of benzene rings is 2. The summed E-state index contributed by atoms with van der Waals surface area (Å²) < 4.78 is 5.38. The van der Waals surface area contributed by atoms with Crippen molar-refractivity contribution in [2.75, 3.05) is 37.0 Å². The van der Waals surface area contributed by atoms with Crippen molar-refractivity contribution in [2.24, 2.45) is 0 Å². The Labute approximate surface area is 159 Å². The molecule has 3 rings (SSSR count). The van der Waals surface area contributed by atoms with Crippen LogP contribution < -0.4 is 15.5 Å². The minimum atomic E-state index is -0.393. The molecule has 0 aliphatic carbocycles. The zero-order valence-electron chi connectivity index (χ0n) is 15.5. The van der Waals surface area contributed by atoms with Crippen LogP contribution in [0.1, 0.15) is 23.2 Å². The number of hydrogen-bond acceptors (Lipinski definition) is 4. The Hall–Kier alpha value is -2.86. The van der Waals surface area contributed by atoms with Gasteiger partial charge in [-0.25, -0.2) is 0 Å². The molecule has 1 aliphatic heterocycles. The van der Waals surface area contributed by atoms with E-state index < -0.39 is 6.10 Å². The van der Waals surface area contributed by atoms with E-state index in [1.54, 1.807) is 24.3 Å². The van der Waals surface area contributed by atoms with Gasteiger partial charge >= 0.3 is 0 Å². The van der Waals surface area contributed by atoms with Gasteiger partial charge in [0.1, 0.15) is 6.10 Å². The lowest BCUT2D eigenvalue weighted by Gasteiger charge is -2.19. The molecule has 0 bridgehead atoms. The summed E-state index contributed by atoms with van der Waals surface area (Å²) in [4.78, 5) is 26.6. The second kappa shape index (κ2) is 9.19. The molecule has 2 aromatic rings. The van der Waals surface area contributed by atoms with Crippen LogP contribution in [0.25, 0.3) is 0 Å². The van der Waals surface area contributed by atoms with Crippen LogP contribution in [0.3, 0.4) is 0 Å². The summed E-state index contributed by atoms with van der Waals surface area (Å²) in [5.41, 5.74) is 2.22. The van der Waals surface area contributed by atoms with Gasteiger partial charge in [-0.1, -0.05) is 24.3 Å². The molecule has 1 unspecified atom stereocenters. The molecule has 1 fully saturated rings. The number of anilines is 2. The van der Waals surface area contributed by atoms with Gasteiger partial charge < -0.3 is 20.3 Å². The van der Waals surface area contributed by atoms with Crippen molar-refractivity contribution in [3.63, 3.8) is 0 Å². The number of rotatable bonds is 7. The van der Waals surface area contributed by atoms with E-state index in [4.69, 9.17) is 4.74 Å². The van der Waals surface area contributed by atoms with Gasteiger partial charge in [-0.15, -0.1) is 0 Å². The zero-order valence-corrected chi connectivity index (χ0v) is 15.5. The molecule has 142 valence electrons. The van der Waals surface area contributed by atoms with Crippen LogP contribution in [-0.2, 0) is 9.53 Å². The standard InChI is InChI=1S/C21H25N3O3/c1-24(18-9-3-2-4-10-18)13-12-22-20(25)16-7-5-8-17(15-16)23-21(26)19-11-6-14-27-19/h2-5,7-10,15,19H,6,11-14H2,1H3,(H,22,25)(H,23,26). The Morgan fingerprint density at radius 3 is 2.70 bits per heavy atom. The molecule has 1 atom stereocenters. The molecule has 1 aliphatic rings. The molecule has 2 N–H and O–H groups in total. The molecule has 6 nitrogen and oxygen atoms in total. The van der Waals surface area contributed by atoms with E-state index in [1.807, 2.05) is 37.4 Å². The first-order valence-electron chi connectivity index (χ1n) is 9.20. The van der Waals surface area contributed by atoms with Crippen molar-refractivity contribution in [3.05, 3.63) is 60.2 Å². The van der Waals surface area contributed by atoms with E-state index in [0.717, 1.165) is 18.5 Å². The molecule has 27 heavy (non-hydrogen) atoms. The zero-order chi connectivity index (χ0) is 19.1. The van der Waals surface area contributed by atoms with Crippen LogP contribution in [0.15, 0.2) is 54.6 Å². The molecular formula is C21H25N3O3. The maximum Gasteiger partial charge on any atom is 0.253 e. The smallest absolute Gasteiger partial charge is 0.253 e. The summed E-state index contributed by atoms with van der Waals surface area (Å²) in [6.07, 6.45) is 1.25. The van der Waals surface area contributed by atoms with Gasteiger partial charge in [-0.05, 0) is 43.2 Å². The molecular weight excluding hydrogens is 342 g/mol. The van der Waals surface area contributed by atoms with E-state index in [9.17, 15) is 9.59 Å². The lowest BCUT2D eigenvalue weighted by molar-refractivity contribution is -0.124. The molecule has 1 heterocycles. The quantitative estimate of drug-likeness (QED) is 0.789. The predicted octanol–water partition coefficient (Wildman–Crippen LogP) is 2.67. The molecule has 2 aromatic carbocycles. The summed E-state index contributed by atoms with van der Waals surface area (Å²) in [5.74, 6) is -0.320. The van der Waals surface area contributed by atoms with Gasteiger partial charge in [-0.3, -0.25) is 9.59 Å². The third-order valence-electron chi connectivity index (χ3n) is 4.54. The molecule has 2 amide bonds. The number of amides is 2. The fourth-order valence-electron chi connectivity index (χ4n) is 3.00. The first kappa shape index (κ1) is 18.9. The molecule has 0 spiro atoms. The predicted molar refractivity (Wildman–Crippen MR) is 106 cm³/mol. The second-order valence-electron chi connectivity index (χ2n) is 6.58. The number of nitrogens with one attached hydrogen (secondary N) is 2. The third kappa shape index (κ3) is 5.31. The van der Waals surface area contributed by atoms with Crippen LogP contribution in [0.5, 0.6) is 0 Å². The summed E-state index contributed by atoms with van der Waals surface area (Å²) in [6, 6.07) is 17.0. The molecule has 1 saturated heterocycles. The average molecular weight is 367 g/mol. The summed E-state index contributed by atoms with van der Waals surface area (Å²) in [6.45, 7) is 1.85. The van der Waals surface area contributed by atoms with E-state index in [-0.39, 0.29) is 11.8 Å². The topological polar surface area (TPSA) is 70.7 Å². The highest BCUT2D eigenvalue weighted by molar-refractivity contribution is 5.98. The number of likely N-dealkylation sites (N-methyl/N-ethyl adjacent to an activating group) is 1. The fourth-order valence-corrected chi connectivity index (χ4v) is 3.00. The summed E-state index contributed by atoms with van der Waals surface area (Å²) >= 11 is 0. The van der Waals surface area contributed by atoms with Gasteiger partial charge in [0.2, 0.25) is 0 Å². The van der Waals surface area contributed by atoms with Crippen molar-refractivity contribution in [3.8, 4) is 0 Å². The Kier molecular flexibility index (Phi) is 6.44. The monoisotopic (exact) mass is 367 g/mol. The maximum atomic E-state index is 12.4. The number of carbonyl (C=O) groups excluding carboxylic acids is 2. The Morgan fingerprint density at radius 2 is 1.96 bits per heavy atom. The average Bonchev–Trinajstić information content (AvgIpc) is 3.24. The minimum Gasteiger partial charge on any atom is -0.373 e. The summed E-state index contributed by atoms with van der Waals surface area (Å²) in [5, 5.41) is 5.74. The normalized spacial score (nSPS) is 16.0. The van der Waals surface area contributed by atoms with E-state index in [1.165, 1.54) is 0 Å². The minimum absolute atomic E-state index is 0.158. The number of para-hydroxylation sites is 1. The van der Waals surface area contributed by atoms with E-state index in [0.29, 0.717) is 30.9 Å². The Balaban J connectivity index is 1.50. The molecule has 0 saturated carbocycles. The van der Waals surface area contributed by atoms with Gasteiger partial charge in [0.25, 0.3) is 11.8 Å². The second-order valence-corrected chi connectivity index (χ2v) is 6.58. The lowest BCUT2D eigenvalue weighted by atomic mass is 10.1. The van der Waals surface area contributed by atoms with Crippen molar-refractivity contribution in [1.29, 1.82) is 0 Å². The highest BCUT2D eigenvalue weighted by atomic mass is 16.5. The van der Waals surface area contributed by atoms with Gasteiger partial charge in [-0.2, -0.15) is 0 Å². The van der Waals surface area contributed by atoms with E-state index in [2.05, 4.69) is 15.5 Å². The van der Waals surface area contributed by atoms with Gasteiger partial charge in [0, 0.05) is 43.7 Å². The molecule has 0 radical (unpaired) electrons. The molecule has 0 aromatic heterocycles. The highest BCUT2D eigenvalue weighted by Gasteiger charge is 2.23. The fraction of sp³-hybridized carbons (Fsp3) is 0.333. The SMILES string of the molecule is CN(CCNC(=O)c1cccc(NC(=O)C2CCCO2)c1)c1ccccc1. The van der Waals surface area contributed by atoms with Crippen LogP contribution >= 0.6 is 0 Å². The number of hydrogen-bond donors (Lipinski definition) is 2. The molecule has 6 heteroatoms. The number of carbonyl (C=O) groups is 2. The number of ether oxygens (including phenoxy) is 1. The van der Waals surface area contributed by atoms with Crippen molar-refractivity contribution in [1.82, 2.24) is 5.32 Å². The van der Waals surface area contributed by atoms with Gasteiger partial charge in [0.15, 0.2) is 0 Å². The van der Waals surface area contributed by atoms with E-state index >= 15 is 0 Å². The first-order valence-corrected chi connectivity index (χ1v) is 9.20. The Bertz CT molecular complexity index is 773. The lowest BCUT2D eigenvalue weighted by Crippen LogP contribution is -2.33. The van der Waals surface area contributed by atoms with Crippen LogP contribution in [0, 0.1) is 0 Å². The van der Waals surface area contributed by atoms with Crippen LogP contribution in [0.2, 0.25) is 0 Å². The highest BCUT2D eigenvalue weighted by Crippen LogP contribution is 2.16. The number of nitrogens with zero attached hydrogens (tertiary/aromatic N) is 1. The maximum absolute atomic E-state index is 12.4. The van der Waals surface area contributed by atoms with Crippen molar-refractivity contribution < 1.29 is 14.3 Å². The largest absolute Gasteiger partial charge is 0.373 e. The third-order valence-corrected chi connectivity index (χ3v) is 4.54. The van der Waals surface area contributed by atoms with Crippen LogP contribution in [0.4, 0.5) is 11.4 Å². The summed E-state index contributed by atoms with van der Waals surface area (Å²) in [7, 11) is 1.99. The van der Waals surface area contributed by atoms with Crippen molar-refractivity contribution in [2.45, 2.75) is 18.9 Å². The van der Waals surface area contributed by atoms with Gasteiger partial charge in [0.05, 0.1) is 0 Å².